The first-order valence-electron chi connectivity index (χ1n) is 7.83. The summed E-state index contributed by atoms with van der Waals surface area (Å²) in [6.07, 6.45) is 0. The van der Waals surface area contributed by atoms with Crippen molar-refractivity contribution in [1.29, 1.82) is 0 Å². The summed E-state index contributed by atoms with van der Waals surface area (Å²) in [5, 5.41) is 12.4. The Morgan fingerprint density at radius 1 is 1.13 bits per heavy atom. The van der Waals surface area contributed by atoms with E-state index in [2.05, 4.69) is 41.2 Å². The SMILES string of the molecule is CC(C)(C)n1nnnc1[C@@H](c1ccc(F)cc1)N1CCSCC1. The summed E-state index contributed by atoms with van der Waals surface area (Å²) >= 11 is 1.96. The summed E-state index contributed by atoms with van der Waals surface area (Å²) in [6.45, 7) is 8.20. The molecule has 0 bridgehead atoms. The van der Waals surface area contributed by atoms with Gasteiger partial charge in [0.1, 0.15) is 5.82 Å². The zero-order valence-electron chi connectivity index (χ0n) is 13.7. The first kappa shape index (κ1) is 16.4. The molecule has 0 radical (unpaired) electrons. The summed E-state index contributed by atoms with van der Waals surface area (Å²) < 4.78 is 15.2. The normalized spacial score (nSPS) is 18.1. The standard InChI is InChI=1S/C16H22FN5S/c1-16(2,3)22-15(18-19-20-22)14(21-8-10-23-11-9-21)12-4-6-13(17)7-5-12/h4-7,14H,8-11H2,1-3H3/t14-/m1/s1. The van der Waals surface area contributed by atoms with Crippen LogP contribution in [-0.4, -0.2) is 49.7 Å². The number of thioether (sulfide) groups is 1. The average Bonchev–Trinajstić information content (AvgIpc) is 3.00. The Balaban J connectivity index is 2.05. The largest absolute Gasteiger partial charge is 0.288 e. The molecule has 23 heavy (non-hydrogen) atoms. The van der Waals surface area contributed by atoms with E-state index in [1.54, 1.807) is 0 Å². The van der Waals surface area contributed by atoms with Crippen LogP contribution in [0, 0.1) is 5.82 Å². The monoisotopic (exact) mass is 335 g/mol. The van der Waals surface area contributed by atoms with Gasteiger partial charge in [-0.25, -0.2) is 9.07 Å². The van der Waals surface area contributed by atoms with Crippen molar-refractivity contribution in [1.82, 2.24) is 25.1 Å². The molecule has 0 N–H and O–H groups in total. The molecule has 0 amide bonds. The Hall–Kier alpha value is -1.47. The predicted octanol–water partition coefficient (Wildman–Crippen LogP) is 2.71. The number of aromatic nitrogens is 4. The first-order chi connectivity index (χ1) is 11.0. The van der Waals surface area contributed by atoms with Crippen LogP contribution in [0.4, 0.5) is 4.39 Å². The number of halogens is 1. The van der Waals surface area contributed by atoms with Crippen molar-refractivity contribution in [3.8, 4) is 0 Å². The molecule has 2 aromatic rings. The smallest absolute Gasteiger partial charge is 0.173 e. The van der Waals surface area contributed by atoms with Gasteiger partial charge in [0.25, 0.3) is 0 Å². The highest BCUT2D eigenvalue weighted by atomic mass is 32.2. The second-order valence-corrected chi connectivity index (χ2v) is 7.95. The van der Waals surface area contributed by atoms with Crippen molar-refractivity contribution in [2.24, 2.45) is 0 Å². The first-order valence-corrected chi connectivity index (χ1v) is 8.98. The molecule has 1 aromatic carbocycles. The van der Waals surface area contributed by atoms with E-state index in [9.17, 15) is 4.39 Å². The third kappa shape index (κ3) is 3.55. The summed E-state index contributed by atoms with van der Waals surface area (Å²) in [5.41, 5.74) is 0.820. The molecule has 0 aliphatic carbocycles. The van der Waals surface area contributed by atoms with Gasteiger partial charge in [0, 0.05) is 24.6 Å². The zero-order chi connectivity index (χ0) is 16.4. The van der Waals surface area contributed by atoms with E-state index in [0.29, 0.717) is 0 Å². The lowest BCUT2D eigenvalue weighted by molar-refractivity contribution is 0.220. The number of hydrogen-bond acceptors (Lipinski definition) is 5. The zero-order valence-corrected chi connectivity index (χ0v) is 14.6. The molecule has 2 heterocycles. The Kier molecular flexibility index (Phi) is 4.68. The van der Waals surface area contributed by atoms with Crippen molar-refractivity contribution in [3.05, 3.63) is 41.5 Å². The quantitative estimate of drug-likeness (QED) is 0.863. The molecule has 3 rings (SSSR count). The van der Waals surface area contributed by atoms with Gasteiger partial charge in [-0.3, -0.25) is 4.90 Å². The fourth-order valence-electron chi connectivity index (χ4n) is 2.85. The van der Waals surface area contributed by atoms with E-state index in [1.807, 2.05) is 28.6 Å². The van der Waals surface area contributed by atoms with Crippen molar-refractivity contribution in [2.75, 3.05) is 24.6 Å². The average molecular weight is 335 g/mol. The minimum Gasteiger partial charge on any atom is -0.288 e. The van der Waals surface area contributed by atoms with Gasteiger partial charge in [0.2, 0.25) is 0 Å². The minimum absolute atomic E-state index is 0.0503. The van der Waals surface area contributed by atoms with Gasteiger partial charge in [-0.2, -0.15) is 11.8 Å². The maximum absolute atomic E-state index is 13.3. The third-order valence-corrected chi connectivity index (χ3v) is 4.91. The van der Waals surface area contributed by atoms with Crippen molar-refractivity contribution in [2.45, 2.75) is 32.4 Å². The van der Waals surface area contributed by atoms with Gasteiger partial charge in [-0.15, -0.1) is 5.10 Å². The van der Waals surface area contributed by atoms with E-state index in [-0.39, 0.29) is 17.4 Å². The summed E-state index contributed by atoms with van der Waals surface area (Å²) in [6, 6.07) is 6.64. The van der Waals surface area contributed by atoms with Crippen LogP contribution in [0.25, 0.3) is 0 Å². The molecule has 0 unspecified atom stereocenters. The van der Waals surface area contributed by atoms with Crippen molar-refractivity contribution >= 4 is 11.8 Å². The highest BCUT2D eigenvalue weighted by Crippen LogP contribution is 2.31. The second-order valence-electron chi connectivity index (χ2n) is 6.72. The van der Waals surface area contributed by atoms with E-state index >= 15 is 0 Å². The maximum atomic E-state index is 13.3. The van der Waals surface area contributed by atoms with Crippen molar-refractivity contribution < 1.29 is 4.39 Å². The van der Waals surface area contributed by atoms with Gasteiger partial charge < -0.3 is 0 Å². The van der Waals surface area contributed by atoms with E-state index in [1.165, 1.54) is 12.1 Å². The van der Waals surface area contributed by atoms with Gasteiger partial charge in [-0.1, -0.05) is 12.1 Å². The second kappa shape index (κ2) is 6.57. The fourth-order valence-corrected chi connectivity index (χ4v) is 3.78. The Morgan fingerprint density at radius 2 is 1.78 bits per heavy atom. The molecular weight excluding hydrogens is 313 g/mol. The number of benzene rings is 1. The van der Waals surface area contributed by atoms with Crippen LogP contribution in [0.3, 0.4) is 0 Å². The van der Waals surface area contributed by atoms with E-state index in [0.717, 1.165) is 36.0 Å². The van der Waals surface area contributed by atoms with Crippen LogP contribution in [0.1, 0.15) is 38.2 Å². The van der Waals surface area contributed by atoms with Gasteiger partial charge in [-0.05, 0) is 48.9 Å². The number of tetrazole rings is 1. The molecule has 0 saturated carbocycles. The molecule has 1 fully saturated rings. The lowest BCUT2D eigenvalue weighted by Gasteiger charge is -2.35. The lowest BCUT2D eigenvalue weighted by atomic mass is 10.0. The highest BCUT2D eigenvalue weighted by molar-refractivity contribution is 7.99. The van der Waals surface area contributed by atoms with E-state index < -0.39 is 0 Å². The molecule has 1 aliphatic rings. The van der Waals surface area contributed by atoms with Crippen LogP contribution in [0.2, 0.25) is 0 Å². The van der Waals surface area contributed by atoms with Gasteiger partial charge >= 0.3 is 0 Å². The molecule has 1 atom stereocenters. The number of nitrogens with zero attached hydrogens (tertiary/aromatic N) is 5. The number of hydrogen-bond donors (Lipinski definition) is 0. The Morgan fingerprint density at radius 3 is 2.39 bits per heavy atom. The lowest BCUT2D eigenvalue weighted by Crippen LogP contribution is -2.39. The highest BCUT2D eigenvalue weighted by Gasteiger charge is 2.32. The molecule has 1 aromatic heterocycles. The van der Waals surface area contributed by atoms with Crippen LogP contribution in [0.5, 0.6) is 0 Å². The third-order valence-electron chi connectivity index (χ3n) is 3.97. The van der Waals surface area contributed by atoms with Crippen molar-refractivity contribution in [3.63, 3.8) is 0 Å². The van der Waals surface area contributed by atoms with E-state index in [4.69, 9.17) is 0 Å². The van der Waals surface area contributed by atoms with Gasteiger partial charge in [0.05, 0.1) is 11.6 Å². The topological polar surface area (TPSA) is 46.8 Å². The molecular formula is C16H22FN5S. The van der Waals surface area contributed by atoms with Crippen LogP contribution in [-0.2, 0) is 5.54 Å². The Labute approximate surface area is 140 Å². The molecule has 0 spiro atoms. The molecule has 5 nitrogen and oxygen atoms in total. The van der Waals surface area contributed by atoms with Gasteiger partial charge in [0.15, 0.2) is 5.82 Å². The Bertz CT molecular complexity index is 643. The molecule has 124 valence electrons. The summed E-state index contributed by atoms with van der Waals surface area (Å²) in [4.78, 5) is 2.39. The molecule has 7 heteroatoms. The number of rotatable bonds is 3. The molecule has 1 saturated heterocycles. The van der Waals surface area contributed by atoms with Crippen LogP contribution >= 0.6 is 11.8 Å². The predicted molar refractivity (Wildman–Crippen MR) is 90.0 cm³/mol. The fraction of sp³-hybridized carbons (Fsp3) is 0.562. The summed E-state index contributed by atoms with van der Waals surface area (Å²) in [7, 11) is 0. The van der Waals surface area contributed by atoms with Crippen LogP contribution in [0.15, 0.2) is 24.3 Å². The van der Waals surface area contributed by atoms with Crippen LogP contribution < -0.4 is 0 Å². The maximum Gasteiger partial charge on any atom is 0.173 e. The summed E-state index contributed by atoms with van der Waals surface area (Å²) in [5.74, 6) is 2.77. The minimum atomic E-state index is -0.225. The molecule has 1 aliphatic heterocycles.